The minimum atomic E-state index is -1.51. The number of para-hydroxylation sites is 1. The Morgan fingerprint density at radius 3 is 2.42 bits per heavy atom. The van der Waals surface area contributed by atoms with Gasteiger partial charge in [-0.05, 0) is 60.7 Å². The van der Waals surface area contributed by atoms with Crippen molar-refractivity contribution in [1.82, 2.24) is 9.91 Å². The van der Waals surface area contributed by atoms with E-state index in [1.54, 1.807) is 55.6 Å². The molecule has 3 fully saturated rings. The van der Waals surface area contributed by atoms with E-state index < -0.39 is 46.8 Å². The van der Waals surface area contributed by atoms with E-state index in [9.17, 15) is 19.5 Å². The number of nitrogens with one attached hydrogen (secondary N) is 1. The SMILES string of the molecule is COc1ccc(C23C(=O)N(Nc4ccc(Cl)cc4Cl)C(=O)C2CC2C(=CCC4C(=O)N(C)C(=O)C42)C3c2ccccc2OCCO)cc1. The molecule has 0 aromatic heterocycles. The number of hydrogen-bond acceptors (Lipinski definition) is 8. The molecule has 6 unspecified atom stereocenters. The quantitative estimate of drug-likeness (QED) is 0.251. The summed E-state index contributed by atoms with van der Waals surface area (Å²) in [5, 5.41) is 11.3. The van der Waals surface area contributed by atoms with E-state index in [0.717, 1.165) is 10.6 Å². The highest BCUT2D eigenvalue weighted by molar-refractivity contribution is 6.36. The molecule has 0 spiro atoms. The van der Waals surface area contributed by atoms with Crippen LogP contribution in [0.25, 0.3) is 0 Å². The molecule has 10 nitrogen and oxygen atoms in total. The number of halogens is 2. The molecule has 7 rings (SSSR count). The van der Waals surface area contributed by atoms with Crippen LogP contribution in [-0.2, 0) is 24.6 Å². The number of fused-ring (bicyclic) bond motifs is 4. The van der Waals surface area contributed by atoms with Gasteiger partial charge >= 0.3 is 0 Å². The normalized spacial score (nSPS) is 27.8. The molecule has 2 heterocycles. The Bertz CT molecular complexity index is 1860. The number of carbonyl (C=O) groups is 4. The zero-order valence-electron chi connectivity index (χ0n) is 26.2. The second-order valence-electron chi connectivity index (χ2n) is 12.6. The van der Waals surface area contributed by atoms with E-state index in [0.29, 0.717) is 39.8 Å². The van der Waals surface area contributed by atoms with Gasteiger partial charge < -0.3 is 14.6 Å². The van der Waals surface area contributed by atoms with Crippen LogP contribution >= 0.6 is 23.2 Å². The third kappa shape index (κ3) is 4.72. The first-order valence-electron chi connectivity index (χ1n) is 15.7. The van der Waals surface area contributed by atoms with Gasteiger partial charge in [0.2, 0.25) is 11.8 Å². The lowest BCUT2D eigenvalue weighted by atomic mass is 9.49. The molecule has 6 atom stereocenters. The first-order chi connectivity index (χ1) is 23.1. The van der Waals surface area contributed by atoms with Crippen molar-refractivity contribution in [3.63, 3.8) is 0 Å². The van der Waals surface area contributed by atoms with Gasteiger partial charge in [0.15, 0.2) is 0 Å². The number of amides is 4. The van der Waals surface area contributed by atoms with E-state index >= 15 is 4.79 Å². The number of hydrazine groups is 1. The largest absolute Gasteiger partial charge is 0.497 e. The smallest absolute Gasteiger partial charge is 0.260 e. The maximum Gasteiger partial charge on any atom is 0.260 e. The van der Waals surface area contributed by atoms with Gasteiger partial charge in [0.1, 0.15) is 18.1 Å². The van der Waals surface area contributed by atoms with E-state index in [2.05, 4.69) is 5.43 Å². The number of benzene rings is 3. The summed E-state index contributed by atoms with van der Waals surface area (Å²) in [6.45, 7) is -0.233. The molecular weight excluding hydrogens is 657 g/mol. The van der Waals surface area contributed by atoms with Crippen LogP contribution in [0.1, 0.15) is 29.9 Å². The van der Waals surface area contributed by atoms with Crippen LogP contribution in [0.3, 0.4) is 0 Å². The first kappa shape index (κ1) is 32.2. The summed E-state index contributed by atoms with van der Waals surface area (Å²) in [6.07, 6.45) is 2.45. The molecule has 2 saturated heterocycles. The van der Waals surface area contributed by atoms with E-state index in [-0.39, 0.29) is 36.5 Å². The zero-order chi connectivity index (χ0) is 33.9. The summed E-state index contributed by atoms with van der Waals surface area (Å²) in [5.74, 6) is -4.02. The van der Waals surface area contributed by atoms with Crippen LogP contribution < -0.4 is 14.9 Å². The molecule has 0 radical (unpaired) electrons. The third-order valence-electron chi connectivity index (χ3n) is 10.4. The molecule has 0 bridgehead atoms. The predicted octanol–water partition coefficient (Wildman–Crippen LogP) is 4.99. The lowest BCUT2D eigenvalue weighted by Crippen LogP contribution is -2.53. The Balaban J connectivity index is 1.48. The van der Waals surface area contributed by atoms with Crippen molar-refractivity contribution in [1.29, 1.82) is 0 Å². The van der Waals surface area contributed by atoms with Crippen molar-refractivity contribution >= 4 is 52.5 Å². The van der Waals surface area contributed by atoms with Crippen molar-refractivity contribution in [2.24, 2.45) is 23.7 Å². The molecule has 1 saturated carbocycles. The van der Waals surface area contributed by atoms with Crippen molar-refractivity contribution in [3.05, 3.63) is 99.6 Å². The molecule has 48 heavy (non-hydrogen) atoms. The maximum atomic E-state index is 15.3. The fourth-order valence-corrected chi connectivity index (χ4v) is 8.80. The Morgan fingerprint density at radius 2 is 1.71 bits per heavy atom. The second-order valence-corrected chi connectivity index (χ2v) is 13.4. The lowest BCUT2D eigenvalue weighted by Gasteiger charge is -2.50. The van der Waals surface area contributed by atoms with Gasteiger partial charge in [0, 0.05) is 23.6 Å². The molecule has 4 aliphatic rings. The summed E-state index contributed by atoms with van der Waals surface area (Å²) in [5.41, 5.74) is 3.78. The van der Waals surface area contributed by atoms with Crippen LogP contribution in [0.2, 0.25) is 10.0 Å². The zero-order valence-corrected chi connectivity index (χ0v) is 27.7. The Hall–Kier alpha value is -4.38. The number of rotatable bonds is 8. The van der Waals surface area contributed by atoms with Gasteiger partial charge in [-0.25, -0.2) is 0 Å². The highest BCUT2D eigenvalue weighted by atomic mass is 35.5. The van der Waals surface area contributed by atoms with Crippen molar-refractivity contribution < 1.29 is 33.8 Å². The summed E-state index contributed by atoms with van der Waals surface area (Å²) in [7, 11) is 3.04. The van der Waals surface area contributed by atoms with Gasteiger partial charge in [-0.2, -0.15) is 5.01 Å². The van der Waals surface area contributed by atoms with Crippen LogP contribution in [0.15, 0.2) is 78.4 Å². The molecule has 4 amide bonds. The van der Waals surface area contributed by atoms with E-state index in [1.165, 1.54) is 18.0 Å². The van der Waals surface area contributed by atoms with Crippen LogP contribution in [0.4, 0.5) is 5.69 Å². The average Bonchev–Trinajstić information content (AvgIpc) is 3.45. The Kier molecular flexibility index (Phi) is 8.22. The molecule has 3 aromatic rings. The number of aliphatic hydroxyl groups is 1. The Morgan fingerprint density at radius 1 is 0.958 bits per heavy atom. The average molecular weight is 691 g/mol. The number of allylic oxidation sites excluding steroid dienone is 2. The lowest BCUT2D eigenvalue weighted by molar-refractivity contribution is -0.140. The van der Waals surface area contributed by atoms with Crippen LogP contribution in [-0.4, -0.2) is 66.0 Å². The minimum absolute atomic E-state index is 0.00325. The standard InChI is InChI=1S/C36H33Cl2N3O7/c1-40-32(43)24-13-12-22-25(30(24)34(40)45)18-26-33(44)41(39-28-14-9-20(37)17-27(28)38)35(46)36(26,19-7-10-21(47-2)11-8-19)31(22)23-5-3-4-6-29(23)48-16-15-42/h3-12,14,17,24-26,30-31,39,42H,13,15-16,18H2,1-2H3. The number of likely N-dealkylation sites (tertiary alicyclic amines) is 1. The highest BCUT2D eigenvalue weighted by Crippen LogP contribution is 2.65. The van der Waals surface area contributed by atoms with Crippen molar-refractivity contribution in [2.45, 2.75) is 24.2 Å². The van der Waals surface area contributed by atoms with Gasteiger partial charge in [-0.1, -0.05) is 65.2 Å². The van der Waals surface area contributed by atoms with Crippen LogP contribution in [0, 0.1) is 23.7 Å². The highest BCUT2D eigenvalue weighted by Gasteiger charge is 2.70. The first-order valence-corrected chi connectivity index (χ1v) is 16.5. The van der Waals surface area contributed by atoms with Gasteiger partial charge in [-0.15, -0.1) is 0 Å². The maximum absolute atomic E-state index is 15.3. The van der Waals surface area contributed by atoms with Gasteiger partial charge in [0.25, 0.3) is 11.8 Å². The third-order valence-corrected chi connectivity index (χ3v) is 10.9. The monoisotopic (exact) mass is 689 g/mol. The van der Waals surface area contributed by atoms with Crippen molar-refractivity contribution in [2.75, 3.05) is 32.8 Å². The number of imide groups is 2. The fraction of sp³-hybridized carbons (Fsp3) is 0.333. The Labute approximate surface area is 287 Å². The number of methoxy groups -OCH3 is 1. The number of aliphatic hydroxyl groups excluding tert-OH is 1. The molecule has 2 N–H and O–H groups in total. The topological polar surface area (TPSA) is 125 Å². The minimum Gasteiger partial charge on any atom is -0.497 e. The molecule has 248 valence electrons. The number of hydrogen-bond donors (Lipinski definition) is 2. The summed E-state index contributed by atoms with van der Waals surface area (Å²) in [6, 6.07) is 19.0. The molecule has 2 aliphatic carbocycles. The summed E-state index contributed by atoms with van der Waals surface area (Å²) in [4.78, 5) is 58.1. The van der Waals surface area contributed by atoms with Crippen molar-refractivity contribution in [3.8, 4) is 11.5 Å². The number of anilines is 1. The van der Waals surface area contributed by atoms with E-state index in [1.807, 2.05) is 18.2 Å². The molecular formula is C36H33Cl2N3O7. The fourth-order valence-electron chi connectivity index (χ4n) is 8.35. The van der Waals surface area contributed by atoms with Gasteiger partial charge in [-0.3, -0.25) is 29.5 Å². The summed E-state index contributed by atoms with van der Waals surface area (Å²) < 4.78 is 11.5. The second kappa shape index (κ2) is 12.3. The number of nitrogens with zero attached hydrogens (tertiary/aromatic N) is 2. The molecule has 12 heteroatoms. The molecule has 3 aromatic carbocycles. The summed E-state index contributed by atoms with van der Waals surface area (Å²) >= 11 is 12.7. The number of carbonyl (C=O) groups excluding carboxylic acids is 4. The van der Waals surface area contributed by atoms with E-state index in [4.69, 9.17) is 32.7 Å². The van der Waals surface area contributed by atoms with Gasteiger partial charge in [0.05, 0.1) is 47.6 Å². The van der Waals surface area contributed by atoms with Crippen LogP contribution in [0.5, 0.6) is 11.5 Å². The predicted molar refractivity (Wildman–Crippen MR) is 177 cm³/mol. The molecule has 2 aliphatic heterocycles. The number of ether oxygens (including phenoxy) is 2.